The van der Waals surface area contributed by atoms with Crippen LogP contribution in [0.2, 0.25) is 0 Å². The fourth-order valence-corrected chi connectivity index (χ4v) is 3.81. The van der Waals surface area contributed by atoms with Crippen molar-refractivity contribution in [2.75, 3.05) is 19.6 Å². The molecule has 2 aliphatic rings. The van der Waals surface area contributed by atoms with Crippen molar-refractivity contribution in [2.24, 2.45) is 5.41 Å². The van der Waals surface area contributed by atoms with Crippen LogP contribution in [0.1, 0.15) is 59.8 Å². The molecule has 2 heterocycles. The second-order valence-electron chi connectivity index (χ2n) is 7.70. The Morgan fingerprint density at radius 3 is 2.25 bits per heavy atom. The zero-order valence-corrected chi connectivity index (χ0v) is 13.5. The summed E-state index contributed by atoms with van der Waals surface area (Å²) in [5.41, 5.74) is -0.320. The van der Waals surface area contributed by atoms with Crippen LogP contribution in [0.3, 0.4) is 0 Å². The number of nitrogens with zero attached hydrogens (tertiary/aromatic N) is 2. The van der Waals surface area contributed by atoms with Gasteiger partial charge in [-0.3, -0.25) is 0 Å². The van der Waals surface area contributed by atoms with Gasteiger partial charge in [0.15, 0.2) is 0 Å². The Bertz CT molecular complexity index is 358. The lowest BCUT2D eigenvalue weighted by atomic mass is 9.68. The Morgan fingerprint density at radius 1 is 1.15 bits per heavy atom. The molecule has 2 rings (SSSR count). The van der Waals surface area contributed by atoms with Gasteiger partial charge in [-0.2, -0.15) is 0 Å². The summed E-state index contributed by atoms with van der Waals surface area (Å²) in [6.45, 7) is 11.7. The summed E-state index contributed by atoms with van der Waals surface area (Å²) in [4.78, 5) is 15.9. The predicted molar refractivity (Wildman–Crippen MR) is 81.0 cm³/mol. The lowest BCUT2D eigenvalue weighted by Gasteiger charge is -2.55. The van der Waals surface area contributed by atoms with E-state index in [1.54, 1.807) is 4.90 Å². The van der Waals surface area contributed by atoms with E-state index in [1.807, 2.05) is 0 Å². The third-order valence-electron chi connectivity index (χ3n) is 5.67. The van der Waals surface area contributed by atoms with Gasteiger partial charge in [-0.1, -0.05) is 27.2 Å². The average Bonchev–Trinajstić information content (AvgIpc) is 2.38. The van der Waals surface area contributed by atoms with Gasteiger partial charge in [0.2, 0.25) is 0 Å². The molecule has 2 atom stereocenters. The van der Waals surface area contributed by atoms with E-state index in [1.165, 1.54) is 32.4 Å². The van der Waals surface area contributed by atoms with Gasteiger partial charge in [0.05, 0.1) is 0 Å². The molecule has 0 aromatic rings. The maximum Gasteiger partial charge on any atom is 0.407 e. The Kier molecular flexibility index (Phi) is 4.33. The van der Waals surface area contributed by atoms with Gasteiger partial charge in [-0.05, 0) is 51.1 Å². The van der Waals surface area contributed by atoms with Gasteiger partial charge < -0.3 is 14.9 Å². The first-order chi connectivity index (χ1) is 9.25. The molecule has 2 saturated heterocycles. The van der Waals surface area contributed by atoms with E-state index in [-0.39, 0.29) is 11.0 Å². The zero-order valence-electron chi connectivity index (χ0n) is 13.5. The van der Waals surface area contributed by atoms with Crippen LogP contribution in [0.15, 0.2) is 0 Å². The molecule has 2 aliphatic heterocycles. The molecule has 0 spiro atoms. The number of piperidine rings is 2. The van der Waals surface area contributed by atoms with Gasteiger partial charge in [0, 0.05) is 18.1 Å². The van der Waals surface area contributed by atoms with Crippen molar-refractivity contribution in [3.05, 3.63) is 0 Å². The number of hydrogen-bond acceptors (Lipinski definition) is 2. The summed E-state index contributed by atoms with van der Waals surface area (Å²) >= 11 is 0. The fourth-order valence-electron chi connectivity index (χ4n) is 3.81. The summed E-state index contributed by atoms with van der Waals surface area (Å²) < 4.78 is 0. The number of likely N-dealkylation sites (tertiary alicyclic amines) is 2. The number of carbonyl (C=O) groups is 1. The average molecular weight is 282 g/mol. The number of amides is 1. The van der Waals surface area contributed by atoms with Crippen molar-refractivity contribution in [1.82, 2.24) is 9.80 Å². The molecule has 0 aliphatic carbocycles. The van der Waals surface area contributed by atoms with Gasteiger partial charge in [0.1, 0.15) is 0 Å². The van der Waals surface area contributed by atoms with Crippen LogP contribution in [0.25, 0.3) is 0 Å². The van der Waals surface area contributed by atoms with E-state index in [0.29, 0.717) is 12.6 Å². The molecule has 2 fully saturated rings. The Balaban J connectivity index is 2.17. The molecule has 20 heavy (non-hydrogen) atoms. The van der Waals surface area contributed by atoms with Gasteiger partial charge in [-0.25, -0.2) is 4.79 Å². The highest BCUT2D eigenvalue weighted by Gasteiger charge is 2.49. The molecule has 1 N–H and O–H groups in total. The molecule has 4 heteroatoms. The van der Waals surface area contributed by atoms with Crippen molar-refractivity contribution in [1.29, 1.82) is 0 Å². The summed E-state index contributed by atoms with van der Waals surface area (Å²) in [6.07, 6.45) is 5.12. The third-order valence-corrected chi connectivity index (χ3v) is 5.67. The maximum atomic E-state index is 11.6. The minimum Gasteiger partial charge on any atom is -0.465 e. The van der Waals surface area contributed by atoms with E-state index in [2.05, 4.69) is 32.6 Å². The molecule has 0 radical (unpaired) electrons. The van der Waals surface area contributed by atoms with Crippen molar-refractivity contribution >= 4 is 6.09 Å². The van der Waals surface area contributed by atoms with Crippen molar-refractivity contribution in [3.63, 3.8) is 0 Å². The molecule has 0 aromatic heterocycles. The predicted octanol–water partition coefficient (Wildman–Crippen LogP) is 3.42. The maximum absolute atomic E-state index is 11.6. The highest BCUT2D eigenvalue weighted by atomic mass is 16.4. The summed E-state index contributed by atoms with van der Waals surface area (Å²) in [5, 5.41) is 9.55. The Labute approximate surface area is 123 Å². The monoisotopic (exact) mass is 282 g/mol. The molecular formula is C16H30N2O2. The topological polar surface area (TPSA) is 43.8 Å². The molecule has 1 amide bonds. The molecule has 0 saturated carbocycles. The lowest BCUT2D eigenvalue weighted by Crippen LogP contribution is -2.64. The first-order valence-corrected chi connectivity index (χ1v) is 8.00. The Morgan fingerprint density at radius 2 is 1.75 bits per heavy atom. The number of hydrogen-bond donors (Lipinski definition) is 1. The zero-order chi connectivity index (χ0) is 15.0. The molecule has 116 valence electrons. The van der Waals surface area contributed by atoms with Crippen LogP contribution in [0.4, 0.5) is 4.79 Å². The van der Waals surface area contributed by atoms with Crippen molar-refractivity contribution in [2.45, 2.75) is 71.4 Å². The largest absolute Gasteiger partial charge is 0.465 e. The van der Waals surface area contributed by atoms with E-state index in [4.69, 9.17) is 0 Å². The van der Waals surface area contributed by atoms with Crippen LogP contribution < -0.4 is 0 Å². The fraction of sp³-hybridized carbons (Fsp3) is 0.938. The van der Waals surface area contributed by atoms with E-state index >= 15 is 0 Å². The summed E-state index contributed by atoms with van der Waals surface area (Å²) in [5.74, 6) is 0. The smallest absolute Gasteiger partial charge is 0.407 e. The van der Waals surface area contributed by atoms with Crippen LogP contribution in [-0.2, 0) is 0 Å². The number of carboxylic acid groups (broad SMARTS) is 1. The third kappa shape index (κ3) is 2.80. The number of rotatable bonds is 1. The first-order valence-electron chi connectivity index (χ1n) is 8.00. The van der Waals surface area contributed by atoms with Crippen molar-refractivity contribution < 1.29 is 9.90 Å². The van der Waals surface area contributed by atoms with Crippen LogP contribution in [0.5, 0.6) is 0 Å². The van der Waals surface area contributed by atoms with Crippen LogP contribution >= 0.6 is 0 Å². The minimum atomic E-state index is -0.764. The second kappa shape index (κ2) is 5.55. The van der Waals surface area contributed by atoms with Crippen molar-refractivity contribution in [3.8, 4) is 0 Å². The van der Waals surface area contributed by atoms with E-state index in [9.17, 15) is 9.90 Å². The van der Waals surface area contributed by atoms with Gasteiger partial charge >= 0.3 is 6.09 Å². The van der Waals surface area contributed by atoms with E-state index in [0.717, 1.165) is 12.8 Å². The highest BCUT2D eigenvalue weighted by Crippen LogP contribution is 2.43. The molecule has 4 nitrogen and oxygen atoms in total. The summed E-state index contributed by atoms with van der Waals surface area (Å²) in [7, 11) is 0. The minimum absolute atomic E-state index is 0.0418. The normalized spacial score (nSPS) is 33.2. The second-order valence-corrected chi connectivity index (χ2v) is 7.70. The standard InChI is InChI=1S/C16H30N2O2/c1-15(2,3)16(4)12-13(8-11-18(16)14(19)20)17-9-6-5-7-10-17/h13H,5-12H2,1-4H3,(H,19,20)/t13?,16-/m0/s1. The first kappa shape index (κ1) is 15.6. The lowest BCUT2D eigenvalue weighted by molar-refractivity contribution is -0.0454. The molecule has 0 bridgehead atoms. The molecule has 1 unspecified atom stereocenters. The van der Waals surface area contributed by atoms with Gasteiger partial charge in [-0.15, -0.1) is 0 Å². The summed E-state index contributed by atoms with van der Waals surface area (Å²) in [6, 6.07) is 0.551. The molecule has 0 aromatic carbocycles. The van der Waals surface area contributed by atoms with Gasteiger partial charge in [0.25, 0.3) is 0 Å². The molecular weight excluding hydrogens is 252 g/mol. The highest BCUT2D eigenvalue weighted by molar-refractivity contribution is 5.66. The van der Waals surface area contributed by atoms with E-state index < -0.39 is 6.09 Å². The van der Waals surface area contributed by atoms with Crippen LogP contribution in [-0.4, -0.2) is 52.2 Å². The SMILES string of the molecule is CC(C)(C)[C@]1(C)CC(N2CCCCC2)CCN1C(=O)O. The Hall–Kier alpha value is -0.770. The quantitative estimate of drug-likeness (QED) is 0.801. The van der Waals surface area contributed by atoms with Crippen LogP contribution in [0, 0.1) is 5.41 Å².